The molecule has 0 radical (unpaired) electrons. The van der Waals surface area contributed by atoms with E-state index in [2.05, 4.69) is 5.32 Å². The van der Waals surface area contributed by atoms with Gasteiger partial charge in [0.05, 0.1) is 4.90 Å². The molecule has 0 spiro atoms. The van der Waals surface area contributed by atoms with Crippen LogP contribution in [0.2, 0.25) is 0 Å². The minimum Gasteiger partial charge on any atom is -0.396 e. The van der Waals surface area contributed by atoms with Gasteiger partial charge in [0.2, 0.25) is 10.0 Å². The number of piperidine rings is 1. The van der Waals surface area contributed by atoms with Gasteiger partial charge in [0.15, 0.2) is 0 Å². The Kier molecular flexibility index (Phi) is 6.07. The molecule has 6 nitrogen and oxygen atoms in total. The van der Waals surface area contributed by atoms with Crippen LogP contribution in [-0.2, 0) is 10.0 Å². The molecule has 2 N–H and O–H groups in total. The second-order valence-corrected chi connectivity index (χ2v) is 9.76. The Morgan fingerprint density at radius 3 is 2.52 bits per heavy atom. The number of hydrogen-bond donors (Lipinski definition) is 2. The zero-order valence-corrected chi connectivity index (χ0v) is 17.3. The lowest BCUT2D eigenvalue weighted by atomic mass is 9.82. The van der Waals surface area contributed by atoms with Crippen LogP contribution in [0.25, 0.3) is 0 Å². The zero-order valence-electron chi connectivity index (χ0n) is 16.5. The summed E-state index contributed by atoms with van der Waals surface area (Å²) in [4.78, 5) is 12.6. The van der Waals surface area contributed by atoms with E-state index in [0.29, 0.717) is 37.2 Å². The molecule has 1 fully saturated rings. The van der Waals surface area contributed by atoms with Crippen molar-refractivity contribution in [1.29, 1.82) is 0 Å². The van der Waals surface area contributed by atoms with E-state index < -0.39 is 15.9 Å². The van der Waals surface area contributed by atoms with Crippen LogP contribution in [-0.4, -0.2) is 43.4 Å². The van der Waals surface area contributed by atoms with Crippen molar-refractivity contribution in [2.75, 3.05) is 25.0 Å². The Bertz CT molecular complexity index is 1020. The standard InChI is InChI=1S/C21H25FN2O4S/c1-15-12-17(6-7-19(15)22)23-20(26)16-4-3-5-18(13-16)29(27,28)24-10-8-21(2,14-25)9-11-24/h3-7,12-13,25H,8-11,14H2,1-2H3,(H,23,26). The van der Waals surface area contributed by atoms with Crippen LogP contribution in [0.3, 0.4) is 0 Å². The van der Waals surface area contributed by atoms with E-state index in [0.717, 1.165) is 0 Å². The number of nitrogens with one attached hydrogen (secondary N) is 1. The van der Waals surface area contributed by atoms with Crippen molar-refractivity contribution in [1.82, 2.24) is 4.31 Å². The molecule has 0 aromatic heterocycles. The number of carbonyl (C=O) groups is 1. The normalized spacial score (nSPS) is 17.1. The van der Waals surface area contributed by atoms with Crippen LogP contribution in [0.5, 0.6) is 0 Å². The fraction of sp³-hybridized carbons (Fsp3) is 0.381. The summed E-state index contributed by atoms with van der Waals surface area (Å²) in [5.74, 6) is -0.838. The fourth-order valence-electron chi connectivity index (χ4n) is 3.30. The third-order valence-corrected chi connectivity index (χ3v) is 7.36. The summed E-state index contributed by atoms with van der Waals surface area (Å²) in [6.07, 6.45) is 1.15. The predicted octanol–water partition coefficient (Wildman–Crippen LogP) is 3.17. The van der Waals surface area contributed by atoms with Gasteiger partial charge in [-0.1, -0.05) is 13.0 Å². The smallest absolute Gasteiger partial charge is 0.255 e. The Labute approximate surface area is 170 Å². The number of rotatable bonds is 5. The molecule has 3 rings (SSSR count). The molecule has 29 heavy (non-hydrogen) atoms. The molecule has 156 valence electrons. The average molecular weight is 421 g/mol. The van der Waals surface area contributed by atoms with E-state index in [1.807, 2.05) is 6.92 Å². The third kappa shape index (κ3) is 4.66. The number of nitrogens with zero attached hydrogens (tertiary/aromatic N) is 1. The molecule has 1 aliphatic heterocycles. The Morgan fingerprint density at radius 2 is 1.90 bits per heavy atom. The monoisotopic (exact) mass is 420 g/mol. The van der Waals surface area contributed by atoms with Crippen molar-refractivity contribution < 1.29 is 22.7 Å². The maximum absolute atomic E-state index is 13.4. The van der Waals surface area contributed by atoms with Gasteiger partial charge in [0.25, 0.3) is 5.91 Å². The molecular formula is C21H25FN2O4S. The van der Waals surface area contributed by atoms with Crippen LogP contribution in [0.4, 0.5) is 10.1 Å². The number of aliphatic hydroxyl groups is 1. The van der Waals surface area contributed by atoms with E-state index in [-0.39, 0.29) is 28.3 Å². The molecule has 0 unspecified atom stereocenters. The summed E-state index contributed by atoms with van der Waals surface area (Å²) in [5, 5.41) is 12.1. The lowest BCUT2D eigenvalue weighted by Gasteiger charge is -2.37. The van der Waals surface area contributed by atoms with Gasteiger partial charge >= 0.3 is 0 Å². The first-order chi connectivity index (χ1) is 13.6. The second-order valence-electron chi connectivity index (χ2n) is 7.82. The highest BCUT2D eigenvalue weighted by atomic mass is 32.2. The second kappa shape index (κ2) is 8.22. The van der Waals surface area contributed by atoms with E-state index in [1.165, 1.54) is 46.8 Å². The van der Waals surface area contributed by atoms with E-state index in [4.69, 9.17) is 0 Å². The first-order valence-corrected chi connectivity index (χ1v) is 10.9. The lowest BCUT2D eigenvalue weighted by Crippen LogP contribution is -2.43. The van der Waals surface area contributed by atoms with Gasteiger partial charge in [-0.15, -0.1) is 0 Å². The Balaban J connectivity index is 1.78. The average Bonchev–Trinajstić information content (AvgIpc) is 2.71. The summed E-state index contributed by atoms with van der Waals surface area (Å²) in [5.41, 5.74) is 0.770. The first kappa shape index (κ1) is 21.4. The number of anilines is 1. The van der Waals surface area contributed by atoms with Gasteiger partial charge in [0.1, 0.15) is 5.82 Å². The summed E-state index contributed by atoms with van der Waals surface area (Å²) >= 11 is 0. The molecule has 1 saturated heterocycles. The fourth-order valence-corrected chi connectivity index (χ4v) is 4.78. The number of aryl methyl sites for hydroxylation is 1. The predicted molar refractivity (Wildman–Crippen MR) is 109 cm³/mol. The molecule has 2 aromatic rings. The van der Waals surface area contributed by atoms with Gasteiger partial charge in [-0.2, -0.15) is 4.31 Å². The molecule has 0 atom stereocenters. The van der Waals surface area contributed by atoms with Gasteiger partial charge in [-0.25, -0.2) is 12.8 Å². The first-order valence-electron chi connectivity index (χ1n) is 9.43. The highest BCUT2D eigenvalue weighted by Gasteiger charge is 2.35. The van der Waals surface area contributed by atoms with Crippen LogP contribution >= 0.6 is 0 Å². The van der Waals surface area contributed by atoms with Crippen LogP contribution in [0.1, 0.15) is 35.7 Å². The molecule has 0 bridgehead atoms. The highest BCUT2D eigenvalue weighted by molar-refractivity contribution is 7.89. The van der Waals surface area contributed by atoms with Crippen molar-refractivity contribution >= 4 is 21.6 Å². The quantitative estimate of drug-likeness (QED) is 0.778. The minimum atomic E-state index is -3.74. The topological polar surface area (TPSA) is 86.7 Å². The number of carbonyl (C=O) groups excluding carboxylic acids is 1. The van der Waals surface area contributed by atoms with Gasteiger partial charge in [-0.3, -0.25) is 4.79 Å². The molecule has 1 aliphatic rings. The number of hydrogen-bond acceptors (Lipinski definition) is 4. The van der Waals surface area contributed by atoms with Gasteiger partial charge in [0, 0.05) is 30.9 Å². The maximum atomic E-state index is 13.4. The van der Waals surface area contributed by atoms with Crippen molar-refractivity contribution in [2.45, 2.75) is 31.6 Å². The van der Waals surface area contributed by atoms with Crippen LogP contribution in [0.15, 0.2) is 47.4 Å². The lowest BCUT2D eigenvalue weighted by molar-refractivity contribution is 0.0853. The number of sulfonamides is 1. The van der Waals surface area contributed by atoms with E-state index in [9.17, 15) is 22.7 Å². The van der Waals surface area contributed by atoms with E-state index in [1.54, 1.807) is 6.92 Å². The Morgan fingerprint density at radius 1 is 1.21 bits per heavy atom. The summed E-state index contributed by atoms with van der Waals surface area (Å²) < 4.78 is 40.8. The molecule has 1 amide bonds. The Hall–Kier alpha value is -2.29. The molecule has 8 heteroatoms. The van der Waals surface area contributed by atoms with Gasteiger partial charge < -0.3 is 10.4 Å². The molecule has 1 heterocycles. The van der Waals surface area contributed by atoms with Crippen molar-refractivity contribution in [2.24, 2.45) is 5.41 Å². The van der Waals surface area contributed by atoms with Gasteiger partial charge in [-0.05, 0) is 67.1 Å². The maximum Gasteiger partial charge on any atom is 0.255 e. The summed E-state index contributed by atoms with van der Waals surface area (Å²) in [6, 6.07) is 10.1. The van der Waals surface area contributed by atoms with Crippen LogP contribution in [0, 0.1) is 18.2 Å². The molecule has 2 aromatic carbocycles. The van der Waals surface area contributed by atoms with Crippen molar-refractivity contribution in [3.63, 3.8) is 0 Å². The van der Waals surface area contributed by atoms with Crippen molar-refractivity contribution in [3.05, 3.63) is 59.4 Å². The number of aliphatic hydroxyl groups excluding tert-OH is 1. The highest BCUT2D eigenvalue weighted by Crippen LogP contribution is 2.32. The number of halogens is 1. The number of amides is 1. The molecule has 0 aliphatic carbocycles. The summed E-state index contributed by atoms with van der Waals surface area (Å²) in [6.45, 7) is 4.21. The molecular weight excluding hydrogens is 395 g/mol. The minimum absolute atomic E-state index is 0.0272. The third-order valence-electron chi connectivity index (χ3n) is 5.46. The SMILES string of the molecule is Cc1cc(NC(=O)c2cccc(S(=O)(=O)N3CCC(C)(CO)CC3)c2)ccc1F. The van der Waals surface area contributed by atoms with Crippen LogP contribution < -0.4 is 5.32 Å². The largest absolute Gasteiger partial charge is 0.396 e. The van der Waals surface area contributed by atoms with E-state index >= 15 is 0 Å². The zero-order chi connectivity index (χ0) is 21.2. The molecule has 0 saturated carbocycles. The van der Waals surface area contributed by atoms with Crippen molar-refractivity contribution in [3.8, 4) is 0 Å². The number of benzene rings is 2. The summed E-state index contributed by atoms with van der Waals surface area (Å²) in [7, 11) is -3.74.